The molecule has 0 radical (unpaired) electrons. The van der Waals surface area contributed by atoms with E-state index in [1.165, 1.54) is 23.6 Å². The van der Waals surface area contributed by atoms with Crippen LogP contribution in [0.15, 0.2) is 71.6 Å². The number of esters is 1. The Balaban J connectivity index is 1.64. The van der Waals surface area contributed by atoms with Crippen molar-refractivity contribution in [2.45, 2.75) is 17.9 Å². The first-order valence-corrected chi connectivity index (χ1v) is 10.8. The Morgan fingerprint density at radius 1 is 0.968 bits per heavy atom. The van der Waals surface area contributed by atoms with Crippen molar-refractivity contribution in [3.05, 3.63) is 72.3 Å². The van der Waals surface area contributed by atoms with E-state index in [4.69, 9.17) is 4.74 Å². The van der Waals surface area contributed by atoms with Crippen LogP contribution in [0.4, 0.5) is 5.69 Å². The first kappa shape index (κ1) is 22.4. The van der Waals surface area contributed by atoms with Gasteiger partial charge in [-0.2, -0.15) is 0 Å². The van der Waals surface area contributed by atoms with Crippen molar-refractivity contribution in [1.29, 1.82) is 0 Å². The second-order valence-corrected chi connectivity index (χ2v) is 8.19. The van der Waals surface area contributed by atoms with Crippen molar-refractivity contribution in [1.82, 2.24) is 4.90 Å². The Bertz CT molecular complexity index is 1110. The Labute approximate surface area is 185 Å². The Morgan fingerprint density at radius 2 is 1.65 bits per heavy atom. The third-order valence-electron chi connectivity index (χ3n) is 4.63. The van der Waals surface area contributed by atoms with Gasteiger partial charge >= 0.3 is 5.97 Å². The highest BCUT2D eigenvalue weighted by atomic mass is 32.2. The predicted octanol–water partition coefficient (Wildman–Crippen LogP) is 4.20. The van der Waals surface area contributed by atoms with Crippen LogP contribution in [0.5, 0.6) is 0 Å². The molecule has 0 fully saturated rings. The summed E-state index contributed by atoms with van der Waals surface area (Å²) in [6.07, 6.45) is -0.986. The molecule has 0 aliphatic carbocycles. The zero-order valence-corrected chi connectivity index (χ0v) is 18.4. The average molecular weight is 437 g/mol. The van der Waals surface area contributed by atoms with Gasteiger partial charge in [0.05, 0.1) is 11.3 Å². The summed E-state index contributed by atoms with van der Waals surface area (Å²) in [5.41, 5.74) is 0.953. The summed E-state index contributed by atoms with van der Waals surface area (Å²) in [4.78, 5) is 39.2. The summed E-state index contributed by atoms with van der Waals surface area (Å²) in [5.74, 6) is -0.885. The van der Waals surface area contributed by atoms with Gasteiger partial charge in [-0.25, -0.2) is 4.79 Å². The quantitative estimate of drug-likeness (QED) is 0.444. The largest absolute Gasteiger partial charge is 0.449 e. The molecule has 0 saturated carbocycles. The van der Waals surface area contributed by atoms with Crippen molar-refractivity contribution < 1.29 is 19.1 Å². The normalized spacial score (nSPS) is 11.6. The molecule has 160 valence electrons. The summed E-state index contributed by atoms with van der Waals surface area (Å²) in [7, 11) is 3.36. The van der Waals surface area contributed by atoms with Crippen molar-refractivity contribution in [3.8, 4) is 0 Å². The van der Waals surface area contributed by atoms with Crippen LogP contribution in [0.2, 0.25) is 0 Å². The second-order valence-electron chi connectivity index (χ2n) is 7.17. The molecule has 0 saturated heterocycles. The van der Waals surface area contributed by atoms with E-state index < -0.39 is 18.0 Å². The maximum atomic E-state index is 12.7. The average Bonchev–Trinajstić information content (AvgIpc) is 2.77. The van der Waals surface area contributed by atoms with Gasteiger partial charge in [0.15, 0.2) is 6.10 Å². The lowest BCUT2D eigenvalue weighted by atomic mass is 10.1. The fraction of sp³-hybridized carbons (Fsp3) is 0.208. The molecule has 2 amide bonds. The monoisotopic (exact) mass is 436 g/mol. The number of benzene rings is 3. The molecule has 31 heavy (non-hydrogen) atoms. The van der Waals surface area contributed by atoms with Crippen molar-refractivity contribution in [3.63, 3.8) is 0 Å². The zero-order valence-electron chi connectivity index (χ0n) is 17.6. The van der Waals surface area contributed by atoms with Crippen LogP contribution in [0.3, 0.4) is 0 Å². The number of rotatable bonds is 7. The fourth-order valence-electron chi connectivity index (χ4n) is 2.82. The highest BCUT2D eigenvalue weighted by Gasteiger charge is 2.21. The number of carbonyl (C=O) groups excluding carboxylic acids is 3. The standard InChI is InChI=1S/C24H24N2O4S/c1-16(23(28)25-19-13-12-17-8-4-5-9-18(17)14-19)30-24(29)20-10-6-7-11-21(20)31-15-22(27)26(2)3/h4-14,16H,15H2,1-3H3,(H,25,28)/t16-/m1/s1. The number of carbonyl (C=O) groups is 3. The molecule has 0 aromatic heterocycles. The molecule has 0 heterocycles. The highest BCUT2D eigenvalue weighted by molar-refractivity contribution is 8.00. The number of nitrogens with one attached hydrogen (secondary N) is 1. The number of fused-ring (bicyclic) bond motifs is 1. The first-order chi connectivity index (χ1) is 14.8. The van der Waals surface area contributed by atoms with Gasteiger partial charge in [-0.15, -0.1) is 11.8 Å². The van der Waals surface area contributed by atoms with E-state index in [1.54, 1.807) is 38.4 Å². The van der Waals surface area contributed by atoms with Crippen LogP contribution in [0.1, 0.15) is 17.3 Å². The van der Waals surface area contributed by atoms with Gasteiger partial charge < -0.3 is 15.0 Å². The van der Waals surface area contributed by atoms with Crippen LogP contribution >= 0.6 is 11.8 Å². The highest BCUT2D eigenvalue weighted by Crippen LogP contribution is 2.24. The van der Waals surface area contributed by atoms with Crippen LogP contribution in [0.25, 0.3) is 10.8 Å². The number of hydrogen-bond donors (Lipinski definition) is 1. The molecular formula is C24H24N2O4S. The van der Waals surface area contributed by atoms with Crippen molar-refractivity contribution in [2.75, 3.05) is 25.2 Å². The van der Waals surface area contributed by atoms with Crippen molar-refractivity contribution in [2.24, 2.45) is 0 Å². The van der Waals surface area contributed by atoms with Gasteiger partial charge in [0.1, 0.15) is 0 Å². The van der Waals surface area contributed by atoms with Gasteiger partial charge in [0, 0.05) is 24.7 Å². The Hall–Kier alpha value is -3.32. The number of amides is 2. The third kappa shape index (κ3) is 5.86. The van der Waals surface area contributed by atoms with E-state index >= 15 is 0 Å². The Kier molecular flexibility index (Phi) is 7.31. The third-order valence-corrected chi connectivity index (χ3v) is 5.69. The molecular weight excluding hydrogens is 412 g/mol. The molecule has 7 heteroatoms. The van der Waals surface area contributed by atoms with E-state index in [9.17, 15) is 14.4 Å². The van der Waals surface area contributed by atoms with E-state index in [0.29, 0.717) is 16.1 Å². The smallest absolute Gasteiger partial charge is 0.340 e. The summed E-state index contributed by atoms with van der Waals surface area (Å²) < 4.78 is 5.39. The number of ether oxygens (including phenoxy) is 1. The molecule has 0 aliphatic rings. The molecule has 1 atom stereocenters. The Morgan fingerprint density at radius 3 is 2.39 bits per heavy atom. The summed E-state index contributed by atoms with van der Waals surface area (Å²) in [6, 6.07) is 20.3. The molecule has 0 unspecified atom stereocenters. The predicted molar refractivity (Wildman–Crippen MR) is 123 cm³/mol. The summed E-state index contributed by atoms with van der Waals surface area (Å²) in [6.45, 7) is 1.53. The van der Waals surface area contributed by atoms with Crippen LogP contribution in [0, 0.1) is 0 Å². The van der Waals surface area contributed by atoms with Gasteiger partial charge in [0.2, 0.25) is 5.91 Å². The van der Waals surface area contributed by atoms with Gasteiger partial charge in [-0.3, -0.25) is 9.59 Å². The van der Waals surface area contributed by atoms with Gasteiger partial charge in [0.25, 0.3) is 5.91 Å². The maximum Gasteiger partial charge on any atom is 0.340 e. The molecule has 3 aromatic carbocycles. The van der Waals surface area contributed by atoms with E-state index in [-0.39, 0.29) is 11.7 Å². The van der Waals surface area contributed by atoms with Gasteiger partial charge in [-0.05, 0) is 42.0 Å². The lowest BCUT2D eigenvalue weighted by Gasteiger charge is -2.15. The fourth-order valence-corrected chi connectivity index (χ4v) is 3.84. The van der Waals surface area contributed by atoms with Crippen molar-refractivity contribution >= 4 is 46.0 Å². The minimum absolute atomic E-state index is 0.0590. The summed E-state index contributed by atoms with van der Waals surface area (Å²) >= 11 is 1.26. The SMILES string of the molecule is C[C@@H](OC(=O)c1ccccc1SCC(=O)N(C)C)C(=O)Nc1ccc2ccccc2c1. The van der Waals surface area contributed by atoms with Crippen LogP contribution in [-0.4, -0.2) is 48.6 Å². The number of thioether (sulfide) groups is 1. The van der Waals surface area contributed by atoms with Gasteiger partial charge in [-0.1, -0.05) is 42.5 Å². The number of hydrogen-bond acceptors (Lipinski definition) is 5. The topological polar surface area (TPSA) is 75.7 Å². The molecule has 3 aromatic rings. The lowest BCUT2D eigenvalue weighted by molar-refractivity contribution is -0.126. The molecule has 3 rings (SSSR count). The van der Waals surface area contributed by atoms with Crippen LogP contribution in [-0.2, 0) is 14.3 Å². The van der Waals surface area contributed by atoms with E-state index in [1.807, 2.05) is 42.5 Å². The lowest BCUT2D eigenvalue weighted by Crippen LogP contribution is -2.30. The minimum Gasteiger partial charge on any atom is -0.449 e. The van der Waals surface area contributed by atoms with E-state index in [2.05, 4.69) is 5.32 Å². The zero-order chi connectivity index (χ0) is 22.4. The minimum atomic E-state index is -0.986. The summed E-state index contributed by atoms with van der Waals surface area (Å²) in [5, 5.41) is 4.86. The number of nitrogens with zero attached hydrogens (tertiary/aromatic N) is 1. The molecule has 0 spiro atoms. The van der Waals surface area contributed by atoms with Crippen LogP contribution < -0.4 is 5.32 Å². The van der Waals surface area contributed by atoms with E-state index in [0.717, 1.165) is 10.8 Å². The molecule has 1 N–H and O–H groups in total. The number of anilines is 1. The maximum absolute atomic E-state index is 12.7. The molecule has 6 nitrogen and oxygen atoms in total. The molecule has 0 aliphatic heterocycles. The molecule has 0 bridgehead atoms. The second kappa shape index (κ2) is 10.1. The first-order valence-electron chi connectivity index (χ1n) is 9.78.